The van der Waals surface area contributed by atoms with Crippen molar-refractivity contribution in [1.82, 2.24) is 17.7 Å². The van der Waals surface area contributed by atoms with E-state index in [0.717, 1.165) is 14.9 Å². The van der Waals surface area contributed by atoms with Crippen molar-refractivity contribution >= 4 is 54.2 Å². The zero-order valence-electron chi connectivity index (χ0n) is 28.2. The number of hydrogen-bond acceptors (Lipinski definition) is 10. The Kier molecular flexibility index (Phi) is 9.25. The van der Waals surface area contributed by atoms with Crippen molar-refractivity contribution in [3.63, 3.8) is 0 Å². The summed E-state index contributed by atoms with van der Waals surface area (Å²) in [5.74, 6) is 0.698. The van der Waals surface area contributed by atoms with Crippen LogP contribution >= 0.6 is 0 Å². The molecule has 1 saturated heterocycles. The van der Waals surface area contributed by atoms with Crippen molar-refractivity contribution in [2.24, 2.45) is 0 Å². The predicted molar refractivity (Wildman–Crippen MR) is 193 cm³/mol. The first-order valence-electron chi connectivity index (χ1n) is 16.2. The van der Waals surface area contributed by atoms with Gasteiger partial charge in [0.1, 0.15) is 11.5 Å². The summed E-state index contributed by atoms with van der Waals surface area (Å²) in [7, 11) is -5.02. The molecule has 4 aromatic carbocycles. The highest BCUT2D eigenvalue weighted by Crippen LogP contribution is 2.38. The molecule has 3 heterocycles. The van der Waals surface area contributed by atoms with Crippen LogP contribution in [0, 0.1) is 0 Å². The molecule has 6 aromatic rings. The third kappa shape index (κ3) is 6.06. The summed E-state index contributed by atoms with van der Waals surface area (Å²) in [6.07, 6.45) is 2.57. The van der Waals surface area contributed by atoms with Gasteiger partial charge in [0.25, 0.3) is 20.0 Å². The van der Waals surface area contributed by atoms with E-state index in [1.165, 1.54) is 52.6 Å². The van der Waals surface area contributed by atoms with Gasteiger partial charge in [-0.15, -0.1) is 0 Å². The van der Waals surface area contributed by atoms with Crippen LogP contribution < -0.4 is 14.2 Å². The van der Waals surface area contributed by atoms with Gasteiger partial charge in [-0.1, -0.05) is 36.4 Å². The summed E-state index contributed by atoms with van der Waals surface area (Å²) in [6.45, 7) is 1.90. The van der Waals surface area contributed by atoms with Gasteiger partial charge >= 0.3 is 6.09 Å². The third-order valence-corrected chi connectivity index (χ3v) is 12.6. The highest BCUT2D eigenvalue weighted by atomic mass is 32.2. The molecule has 2 aromatic heterocycles. The van der Waals surface area contributed by atoms with Crippen LogP contribution in [0.2, 0.25) is 0 Å². The van der Waals surface area contributed by atoms with Gasteiger partial charge in [-0.25, -0.2) is 29.6 Å². The quantitative estimate of drug-likeness (QED) is 0.171. The Morgan fingerprint density at radius 1 is 0.692 bits per heavy atom. The van der Waals surface area contributed by atoms with Crippen molar-refractivity contribution < 1.29 is 40.6 Å². The van der Waals surface area contributed by atoms with Crippen molar-refractivity contribution in [2.75, 3.05) is 40.4 Å². The van der Waals surface area contributed by atoms with E-state index in [1.54, 1.807) is 73.8 Å². The third-order valence-electron chi connectivity index (χ3n) is 9.17. The van der Waals surface area contributed by atoms with Crippen LogP contribution in [0.3, 0.4) is 0 Å². The molecule has 1 amide bonds. The van der Waals surface area contributed by atoms with Crippen LogP contribution in [-0.2, 0) is 26.6 Å². The first-order chi connectivity index (χ1) is 25.1. The number of fused-ring (bicyclic) bond motifs is 2. The highest BCUT2D eigenvalue weighted by molar-refractivity contribution is 7.90. The van der Waals surface area contributed by atoms with Crippen molar-refractivity contribution in [1.29, 1.82) is 0 Å². The second-order valence-corrected chi connectivity index (χ2v) is 15.7. The molecule has 1 aliphatic heterocycles. The van der Waals surface area contributed by atoms with Crippen molar-refractivity contribution in [3.8, 4) is 17.2 Å². The molecule has 13 nitrogen and oxygen atoms in total. The number of carbonyl (C=O) groups is 2. The van der Waals surface area contributed by atoms with Crippen LogP contribution in [0.5, 0.6) is 17.2 Å². The molecule has 0 radical (unpaired) electrons. The lowest BCUT2D eigenvalue weighted by molar-refractivity contribution is 0.107. The van der Waals surface area contributed by atoms with E-state index in [9.17, 15) is 26.4 Å². The van der Waals surface area contributed by atoms with E-state index >= 15 is 0 Å². The Balaban J connectivity index is 1.12. The molecule has 0 N–H and O–H groups in total. The molecule has 7 rings (SSSR count). The second kappa shape index (κ2) is 13.8. The first kappa shape index (κ1) is 34.8. The molecule has 0 spiro atoms. The maximum Gasteiger partial charge on any atom is 0.415 e. The molecule has 1 aliphatic rings. The maximum atomic E-state index is 13.7. The van der Waals surface area contributed by atoms with Crippen LogP contribution in [-0.4, -0.2) is 87.4 Å². The van der Waals surface area contributed by atoms with Gasteiger partial charge in [0.2, 0.25) is 0 Å². The Hall–Kier alpha value is -5.64. The Labute approximate surface area is 300 Å². The number of rotatable bonds is 10. The lowest BCUT2D eigenvalue weighted by Crippen LogP contribution is -2.49. The fraction of sp³-hybridized carbons (Fsp3) is 0.189. The second-order valence-electron chi connectivity index (χ2n) is 12.0. The maximum absolute atomic E-state index is 13.7. The van der Waals surface area contributed by atoms with Crippen LogP contribution in [0.1, 0.15) is 15.9 Å². The Morgan fingerprint density at radius 3 is 1.87 bits per heavy atom. The number of methoxy groups -OCH3 is 2. The predicted octanol–water partition coefficient (Wildman–Crippen LogP) is 5.22. The van der Waals surface area contributed by atoms with Crippen LogP contribution in [0.25, 0.3) is 21.8 Å². The van der Waals surface area contributed by atoms with Crippen LogP contribution in [0.15, 0.2) is 113 Å². The molecule has 0 atom stereocenters. The number of nitrogens with zero attached hydrogens (tertiary/aromatic N) is 4. The summed E-state index contributed by atoms with van der Waals surface area (Å²) in [5, 5.41) is 0.853. The molecular formula is C37H34N4O9S2. The summed E-state index contributed by atoms with van der Waals surface area (Å²) in [5.41, 5.74) is 1.51. The van der Waals surface area contributed by atoms with E-state index in [-0.39, 0.29) is 50.8 Å². The van der Waals surface area contributed by atoms with Gasteiger partial charge in [0.05, 0.1) is 52.2 Å². The fourth-order valence-electron chi connectivity index (χ4n) is 6.52. The minimum absolute atomic E-state index is 0.0195. The van der Waals surface area contributed by atoms with E-state index in [1.807, 2.05) is 0 Å². The van der Waals surface area contributed by atoms with Crippen molar-refractivity contribution in [2.45, 2.75) is 16.3 Å². The van der Waals surface area contributed by atoms with Gasteiger partial charge in [-0.2, -0.15) is 0 Å². The van der Waals surface area contributed by atoms with Crippen LogP contribution in [0.4, 0.5) is 4.79 Å². The van der Waals surface area contributed by atoms with Gasteiger partial charge in [0, 0.05) is 49.9 Å². The number of aldehydes is 1. The number of benzene rings is 4. The molecule has 0 saturated carbocycles. The summed E-state index contributed by atoms with van der Waals surface area (Å²) in [6, 6.07) is 24.2. The fourth-order valence-corrected chi connectivity index (χ4v) is 9.26. The SMILES string of the molecule is COc1ccc2c(ccn2S(=O)(=O)c2ccccc2)c1CN1CCN(C(=O)Oc2cn(S(=O)(=O)c3ccccc3)c3ccc(OC)c(C=O)c23)CC1. The number of ether oxygens (including phenoxy) is 3. The molecule has 0 unspecified atom stereocenters. The smallest absolute Gasteiger partial charge is 0.415 e. The number of hydrogen-bond donors (Lipinski definition) is 0. The Morgan fingerprint density at radius 2 is 1.27 bits per heavy atom. The topological polar surface area (TPSA) is 146 Å². The average Bonchev–Trinajstić information content (AvgIpc) is 3.79. The molecule has 0 aliphatic carbocycles. The zero-order chi connectivity index (χ0) is 36.6. The van der Waals surface area contributed by atoms with E-state index in [0.29, 0.717) is 37.2 Å². The highest BCUT2D eigenvalue weighted by Gasteiger charge is 2.29. The number of amides is 1. The molecule has 268 valence electrons. The van der Waals surface area contributed by atoms with E-state index < -0.39 is 26.1 Å². The summed E-state index contributed by atoms with van der Waals surface area (Å²) in [4.78, 5) is 29.7. The minimum atomic E-state index is -4.13. The number of carbonyl (C=O) groups excluding carboxylic acids is 2. The van der Waals surface area contributed by atoms with Gasteiger partial charge in [0.15, 0.2) is 12.0 Å². The standard InChI is InChI=1S/C37H34N4O9S2/c1-48-33-15-13-31-28(17-18-40(31)51(44,45)26-9-5-3-6-10-26)29(33)23-38-19-21-39(22-20-38)37(43)50-35-24-41(52(46,47)27-11-7-4-8-12-27)32-14-16-34(49-2)30(25-42)36(32)35/h3-18,24-25H,19-23H2,1-2H3. The molecular weight excluding hydrogens is 709 g/mol. The van der Waals surface area contributed by atoms with Gasteiger partial charge < -0.3 is 19.1 Å². The zero-order valence-corrected chi connectivity index (χ0v) is 29.8. The van der Waals surface area contributed by atoms with Gasteiger partial charge in [-0.3, -0.25) is 9.69 Å². The molecule has 1 fully saturated rings. The van der Waals surface area contributed by atoms with Crippen molar-refractivity contribution in [3.05, 3.63) is 115 Å². The lowest BCUT2D eigenvalue weighted by Gasteiger charge is -2.34. The summed E-state index contributed by atoms with van der Waals surface area (Å²) >= 11 is 0. The monoisotopic (exact) mass is 742 g/mol. The minimum Gasteiger partial charge on any atom is -0.496 e. The first-order valence-corrected chi connectivity index (χ1v) is 19.1. The Bertz CT molecular complexity index is 2520. The number of aromatic nitrogens is 2. The largest absolute Gasteiger partial charge is 0.496 e. The van der Waals surface area contributed by atoms with Gasteiger partial charge in [-0.05, 0) is 54.6 Å². The molecule has 52 heavy (non-hydrogen) atoms. The summed E-state index contributed by atoms with van der Waals surface area (Å²) < 4.78 is 73.4. The number of piperazine rings is 1. The molecule has 15 heteroatoms. The normalized spacial score (nSPS) is 14.1. The van der Waals surface area contributed by atoms with E-state index in [2.05, 4.69) is 4.90 Å². The lowest BCUT2D eigenvalue weighted by atomic mass is 10.1. The van der Waals surface area contributed by atoms with E-state index in [4.69, 9.17) is 14.2 Å². The molecule has 0 bridgehead atoms. The average molecular weight is 743 g/mol.